The van der Waals surface area contributed by atoms with Crippen molar-refractivity contribution in [2.24, 2.45) is 11.8 Å². The van der Waals surface area contributed by atoms with E-state index in [1.807, 2.05) is 6.92 Å². The number of nitrogens with zero attached hydrogens (tertiary/aromatic N) is 1. The maximum absolute atomic E-state index is 13.6. The van der Waals surface area contributed by atoms with Crippen LogP contribution in [-0.2, 0) is 20.8 Å². The number of amides is 2. The van der Waals surface area contributed by atoms with Gasteiger partial charge in [-0.1, -0.05) is 31.5 Å². The lowest BCUT2D eigenvalue weighted by Gasteiger charge is -2.31. The molecular formula is C26H28N2O7. The quantitative estimate of drug-likeness (QED) is 0.516. The number of aromatic hydroxyl groups is 1. The summed E-state index contributed by atoms with van der Waals surface area (Å²) in [7, 11) is 0. The molecule has 0 spiro atoms. The maximum Gasteiger partial charge on any atom is 0.325 e. The number of nitrogens with one attached hydrogen (secondary N) is 1. The fourth-order valence-corrected chi connectivity index (χ4v) is 5.51. The molecule has 0 bridgehead atoms. The first-order valence-electron chi connectivity index (χ1n) is 11.9. The number of fused-ring (bicyclic) bond motifs is 2. The number of likely N-dealkylation sites (tertiary alicyclic amines) is 1. The molecule has 0 radical (unpaired) electrons. The normalized spacial score (nSPS) is 27.2. The number of phenols is 1. The zero-order valence-corrected chi connectivity index (χ0v) is 19.4. The average Bonchev–Trinajstić information content (AvgIpc) is 3.33. The third kappa shape index (κ3) is 3.80. The van der Waals surface area contributed by atoms with Crippen LogP contribution in [0.2, 0.25) is 0 Å². The second kappa shape index (κ2) is 8.88. The Morgan fingerprint density at radius 3 is 2.49 bits per heavy atom. The van der Waals surface area contributed by atoms with E-state index in [2.05, 4.69) is 5.32 Å². The van der Waals surface area contributed by atoms with Crippen LogP contribution in [0.3, 0.4) is 0 Å². The minimum absolute atomic E-state index is 0.0224. The maximum atomic E-state index is 13.6. The van der Waals surface area contributed by atoms with E-state index in [9.17, 15) is 24.6 Å². The van der Waals surface area contributed by atoms with Crippen molar-refractivity contribution in [1.29, 1.82) is 0 Å². The monoisotopic (exact) mass is 480 g/mol. The van der Waals surface area contributed by atoms with Crippen LogP contribution in [0.1, 0.15) is 36.9 Å². The molecule has 184 valence electrons. The fraction of sp³-hybridized carbons (Fsp3) is 0.423. The number of hydrogen-bond acceptors (Lipinski definition) is 7. The molecule has 3 aliphatic heterocycles. The first-order valence-corrected chi connectivity index (χ1v) is 11.9. The van der Waals surface area contributed by atoms with Crippen LogP contribution in [0.5, 0.6) is 17.2 Å². The van der Waals surface area contributed by atoms with E-state index >= 15 is 0 Å². The molecule has 9 nitrogen and oxygen atoms in total. The largest absolute Gasteiger partial charge is 0.508 e. The molecule has 0 aliphatic carbocycles. The molecule has 3 heterocycles. The van der Waals surface area contributed by atoms with Crippen LogP contribution in [0.25, 0.3) is 0 Å². The molecule has 5 rings (SSSR count). The predicted molar refractivity (Wildman–Crippen MR) is 124 cm³/mol. The Morgan fingerprint density at radius 1 is 1.09 bits per heavy atom. The Bertz CT molecular complexity index is 1160. The lowest BCUT2D eigenvalue weighted by molar-refractivity contribution is -0.151. The van der Waals surface area contributed by atoms with E-state index in [4.69, 9.17) is 9.47 Å². The van der Waals surface area contributed by atoms with Gasteiger partial charge in [-0.05, 0) is 41.8 Å². The number of imide groups is 1. The predicted octanol–water partition coefficient (Wildman–Crippen LogP) is 2.28. The van der Waals surface area contributed by atoms with Crippen molar-refractivity contribution in [3.8, 4) is 17.2 Å². The van der Waals surface area contributed by atoms with Gasteiger partial charge in [0.05, 0.1) is 11.8 Å². The van der Waals surface area contributed by atoms with Crippen LogP contribution < -0.4 is 14.8 Å². The zero-order chi connectivity index (χ0) is 24.7. The number of benzene rings is 2. The summed E-state index contributed by atoms with van der Waals surface area (Å²) in [4.78, 5) is 41.3. The van der Waals surface area contributed by atoms with Crippen LogP contribution in [0.15, 0.2) is 42.5 Å². The molecular weight excluding hydrogens is 452 g/mol. The number of carbonyl (C=O) groups excluding carboxylic acids is 2. The first kappa shape index (κ1) is 23.2. The van der Waals surface area contributed by atoms with Crippen molar-refractivity contribution < 1.29 is 34.1 Å². The Hall–Kier alpha value is -3.59. The number of unbranched alkanes of at least 4 members (excludes halogenated alkanes) is 1. The number of carboxylic acid groups (broad SMARTS) is 1. The van der Waals surface area contributed by atoms with E-state index in [-0.39, 0.29) is 24.6 Å². The van der Waals surface area contributed by atoms with Crippen LogP contribution in [0, 0.1) is 11.8 Å². The number of rotatable bonds is 7. The SMILES string of the molecule is CCCCN1C(=O)C2C(c3ccc4c(c3)OCCO4)NC(Cc3ccc(O)cc3)(C(=O)O)C2C1=O. The van der Waals surface area contributed by atoms with Gasteiger partial charge in [-0.2, -0.15) is 0 Å². The zero-order valence-electron chi connectivity index (χ0n) is 19.4. The van der Waals surface area contributed by atoms with Gasteiger partial charge in [-0.15, -0.1) is 0 Å². The highest BCUT2D eigenvalue weighted by Crippen LogP contribution is 2.51. The van der Waals surface area contributed by atoms with E-state index in [1.54, 1.807) is 30.3 Å². The number of hydrogen-bond donors (Lipinski definition) is 3. The van der Waals surface area contributed by atoms with Crippen molar-refractivity contribution in [3.05, 3.63) is 53.6 Å². The summed E-state index contributed by atoms with van der Waals surface area (Å²) in [6.45, 7) is 3.07. The lowest BCUT2D eigenvalue weighted by atomic mass is 9.76. The smallest absolute Gasteiger partial charge is 0.325 e. The topological polar surface area (TPSA) is 125 Å². The lowest BCUT2D eigenvalue weighted by Crippen LogP contribution is -2.57. The second-order valence-corrected chi connectivity index (χ2v) is 9.33. The number of ether oxygens (including phenoxy) is 2. The highest BCUT2D eigenvalue weighted by Gasteiger charge is 2.68. The molecule has 3 aliphatic rings. The summed E-state index contributed by atoms with van der Waals surface area (Å²) in [5, 5.41) is 23.4. The summed E-state index contributed by atoms with van der Waals surface area (Å²) in [5.74, 6) is -2.77. The van der Waals surface area contributed by atoms with Gasteiger partial charge in [0.15, 0.2) is 11.5 Å². The van der Waals surface area contributed by atoms with Crippen molar-refractivity contribution in [3.63, 3.8) is 0 Å². The molecule has 0 saturated carbocycles. The van der Waals surface area contributed by atoms with Crippen LogP contribution in [0.4, 0.5) is 0 Å². The molecule has 2 fully saturated rings. The van der Waals surface area contributed by atoms with E-state index in [1.165, 1.54) is 17.0 Å². The van der Waals surface area contributed by atoms with Crippen LogP contribution in [-0.4, -0.2) is 58.2 Å². The van der Waals surface area contributed by atoms with Gasteiger partial charge in [-0.3, -0.25) is 24.6 Å². The van der Waals surface area contributed by atoms with Gasteiger partial charge in [0.25, 0.3) is 0 Å². The summed E-state index contributed by atoms with van der Waals surface area (Å²) >= 11 is 0. The Labute approximate surface area is 202 Å². The molecule has 3 N–H and O–H groups in total. The Morgan fingerprint density at radius 2 is 1.80 bits per heavy atom. The van der Waals surface area contributed by atoms with E-state index < -0.39 is 35.3 Å². The van der Waals surface area contributed by atoms with Gasteiger partial charge in [0, 0.05) is 19.0 Å². The molecule has 4 atom stereocenters. The van der Waals surface area contributed by atoms with Crippen molar-refractivity contribution >= 4 is 17.8 Å². The highest BCUT2D eigenvalue weighted by molar-refractivity contribution is 6.09. The van der Waals surface area contributed by atoms with Gasteiger partial charge in [0.2, 0.25) is 11.8 Å². The molecule has 35 heavy (non-hydrogen) atoms. The van der Waals surface area contributed by atoms with Crippen LogP contribution >= 0.6 is 0 Å². The molecule has 9 heteroatoms. The standard InChI is InChI=1S/C26H28N2O7/c1-2-3-10-28-23(30)20-21(24(28)31)26(25(32)33,14-15-4-7-17(29)8-5-15)27-22(20)16-6-9-18-19(13-16)35-12-11-34-18/h4-9,13,20-22,27,29H,2-3,10-12,14H2,1H3,(H,32,33). The summed E-state index contributed by atoms with van der Waals surface area (Å²) in [6.07, 6.45) is 1.43. The fourth-order valence-electron chi connectivity index (χ4n) is 5.51. The molecule has 2 saturated heterocycles. The van der Waals surface area contributed by atoms with Crippen molar-refractivity contribution in [1.82, 2.24) is 10.2 Å². The second-order valence-electron chi connectivity index (χ2n) is 9.33. The molecule has 2 aromatic carbocycles. The summed E-state index contributed by atoms with van der Waals surface area (Å²) < 4.78 is 11.3. The molecule has 4 unspecified atom stereocenters. The van der Waals surface area contributed by atoms with E-state index in [0.717, 1.165) is 6.42 Å². The number of aliphatic carboxylic acids is 1. The number of phenolic OH excluding ortho intramolecular Hbond substituents is 1. The minimum atomic E-state index is -1.70. The third-order valence-corrected chi connectivity index (χ3v) is 7.21. The van der Waals surface area contributed by atoms with Gasteiger partial charge < -0.3 is 19.7 Å². The van der Waals surface area contributed by atoms with Crippen molar-refractivity contribution in [2.45, 2.75) is 37.8 Å². The van der Waals surface area contributed by atoms with Gasteiger partial charge >= 0.3 is 5.97 Å². The van der Waals surface area contributed by atoms with E-state index in [0.29, 0.717) is 42.3 Å². The summed E-state index contributed by atoms with van der Waals surface area (Å²) in [6, 6.07) is 10.8. The summed E-state index contributed by atoms with van der Waals surface area (Å²) in [5.41, 5.74) is -0.407. The first-order chi connectivity index (χ1) is 16.9. The Balaban J connectivity index is 1.59. The third-order valence-electron chi connectivity index (χ3n) is 7.21. The number of carbonyl (C=O) groups is 3. The number of carboxylic acids is 1. The highest BCUT2D eigenvalue weighted by atomic mass is 16.6. The molecule has 0 aromatic heterocycles. The molecule has 2 amide bonds. The van der Waals surface area contributed by atoms with Gasteiger partial charge in [-0.25, -0.2) is 0 Å². The minimum Gasteiger partial charge on any atom is -0.508 e. The van der Waals surface area contributed by atoms with Crippen molar-refractivity contribution in [2.75, 3.05) is 19.8 Å². The average molecular weight is 481 g/mol. The van der Waals surface area contributed by atoms with Gasteiger partial charge in [0.1, 0.15) is 24.5 Å². The Kier molecular flexibility index (Phi) is 5.88. The molecule has 2 aromatic rings.